The lowest BCUT2D eigenvalue weighted by atomic mass is 10.0. The molecular formula is C72H127NO3. The van der Waals surface area contributed by atoms with Gasteiger partial charge in [-0.2, -0.15) is 0 Å². The van der Waals surface area contributed by atoms with E-state index in [2.05, 4.69) is 129 Å². The highest BCUT2D eigenvalue weighted by atomic mass is 16.3. The number of nitrogens with one attached hydrogen (secondary N) is 1. The summed E-state index contributed by atoms with van der Waals surface area (Å²) in [6, 6.07) is -0.544. The molecule has 0 aliphatic rings. The minimum absolute atomic E-state index is 0.0323. The number of aliphatic hydroxyl groups is 2. The fourth-order valence-electron chi connectivity index (χ4n) is 9.83. The van der Waals surface area contributed by atoms with Gasteiger partial charge in [0, 0.05) is 6.42 Å². The SMILES string of the molecule is CC/C=C\C/C=C\C/C=C\C/C=C\C/C=C\C/C=C\C/C=C\C/C=C\C/C=C\CCCCCCCCCCCCCCCC(=O)NC(CO)C(O)CCCCCCCCCCCCCCCCCCCCCCCCC. The summed E-state index contributed by atoms with van der Waals surface area (Å²) < 4.78 is 0. The minimum Gasteiger partial charge on any atom is -0.394 e. The van der Waals surface area contributed by atoms with Crippen LogP contribution >= 0.6 is 0 Å². The summed E-state index contributed by atoms with van der Waals surface area (Å²) >= 11 is 0. The average Bonchev–Trinajstić information content (AvgIpc) is 3.42. The molecular weight excluding hydrogens is 927 g/mol. The van der Waals surface area contributed by atoms with Gasteiger partial charge in [-0.1, -0.05) is 342 Å². The van der Waals surface area contributed by atoms with Crippen molar-refractivity contribution >= 4 is 5.91 Å². The molecule has 0 bridgehead atoms. The van der Waals surface area contributed by atoms with E-state index in [0.717, 1.165) is 83.5 Å². The summed E-state index contributed by atoms with van der Waals surface area (Å²) in [7, 11) is 0. The van der Waals surface area contributed by atoms with Crippen LogP contribution in [0.15, 0.2) is 109 Å². The number of rotatable bonds is 60. The first kappa shape index (κ1) is 73.0. The van der Waals surface area contributed by atoms with E-state index >= 15 is 0 Å². The molecule has 0 saturated carbocycles. The molecule has 0 aliphatic carbocycles. The number of aliphatic hydroxyl groups excluding tert-OH is 2. The van der Waals surface area contributed by atoms with E-state index in [1.165, 1.54) is 212 Å². The summed E-state index contributed by atoms with van der Waals surface area (Å²) in [5, 5.41) is 23.4. The lowest BCUT2D eigenvalue weighted by Gasteiger charge is -2.22. The average molecular weight is 1050 g/mol. The largest absolute Gasteiger partial charge is 0.394 e. The normalized spacial score (nSPS) is 13.5. The van der Waals surface area contributed by atoms with Crippen molar-refractivity contribution in [2.75, 3.05) is 6.61 Å². The summed E-state index contributed by atoms with van der Waals surface area (Å²) in [4.78, 5) is 12.5. The van der Waals surface area contributed by atoms with Crippen LogP contribution in [-0.4, -0.2) is 34.9 Å². The first-order valence-corrected chi connectivity index (χ1v) is 33.1. The summed E-state index contributed by atoms with van der Waals surface area (Å²) in [5.41, 5.74) is 0. The molecule has 3 N–H and O–H groups in total. The number of allylic oxidation sites excluding steroid dienone is 18. The molecule has 0 fully saturated rings. The van der Waals surface area contributed by atoms with Gasteiger partial charge in [-0.25, -0.2) is 0 Å². The topological polar surface area (TPSA) is 69.6 Å². The van der Waals surface area contributed by atoms with Crippen LogP contribution < -0.4 is 5.32 Å². The van der Waals surface area contributed by atoms with Crippen LogP contribution in [0.1, 0.15) is 322 Å². The molecule has 0 saturated heterocycles. The van der Waals surface area contributed by atoms with Crippen LogP contribution in [0, 0.1) is 0 Å². The Morgan fingerprint density at radius 1 is 0.329 bits per heavy atom. The molecule has 2 unspecified atom stereocenters. The molecule has 0 aromatic carbocycles. The van der Waals surface area contributed by atoms with E-state index in [1.54, 1.807) is 0 Å². The van der Waals surface area contributed by atoms with Gasteiger partial charge < -0.3 is 15.5 Å². The van der Waals surface area contributed by atoms with Crippen molar-refractivity contribution < 1.29 is 15.0 Å². The maximum Gasteiger partial charge on any atom is 0.220 e. The summed E-state index contributed by atoms with van der Waals surface area (Å²) in [6.07, 6.45) is 99.7. The first-order chi connectivity index (χ1) is 37.7. The van der Waals surface area contributed by atoms with E-state index in [-0.39, 0.29) is 12.5 Å². The molecule has 4 nitrogen and oxygen atoms in total. The van der Waals surface area contributed by atoms with E-state index in [0.29, 0.717) is 12.8 Å². The Kier molecular flexibility index (Phi) is 63.8. The van der Waals surface area contributed by atoms with Gasteiger partial charge in [0.25, 0.3) is 0 Å². The molecule has 0 heterocycles. The van der Waals surface area contributed by atoms with Crippen molar-refractivity contribution in [1.29, 1.82) is 0 Å². The Morgan fingerprint density at radius 2 is 0.579 bits per heavy atom. The monoisotopic (exact) mass is 1050 g/mol. The van der Waals surface area contributed by atoms with Crippen LogP contribution in [0.3, 0.4) is 0 Å². The van der Waals surface area contributed by atoms with Crippen molar-refractivity contribution in [2.45, 2.75) is 334 Å². The van der Waals surface area contributed by atoms with Gasteiger partial charge >= 0.3 is 0 Å². The fourth-order valence-corrected chi connectivity index (χ4v) is 9.83. The smallest absolute Gasteiger partial charge is 0.220 e. The second kappa shape index (κ2) is 66.3. The predicted molar refractivity (Wildman–Crippen MR) is 340 cm³/mol. The quantitative estimate of drug-likeness (QED) is 0.0420. The van der Waals surface area contributed by atoms with Crippen LogP contribution in [0.25, 0.3) is 0 Å². The van der Waals surface area contributed by atoms with Gasteiger partial charge in [-0.3, -0.25) is 4.79 Å². The second-order valence-electron chi connectivity index (χ2n) is 22.2. The lowest BCUT2D eigenvalue weighted by Crippen LogP contribution is -2.45. The Morgan fingerprint density at radius 3 is 0.868 bits per heavy atom. The Labute approximate surface area is 474 Å². The Bertz CT molecular complexity index is 1430. The Balaban J connectivity index is 3.51. The van der Waals surface area contributed by atoms with E-state index in [4.69, 9.17) is 0 Å². The van der Waals surface area contributed by atoms with Gasteiger partial charge in [0.05, 0.1) is 18.8 Å². The van der Waals surface area contributed by atoms with Crippen LogP contribution in [-0.2, 0) is 4.79 Å². The molecule has 76 heavy (non-hydrogen) atoms. The molecule has 0 aromatic rings. The Hall–Kier alpha value is -2.95. The zero-order valence-electron chi connectivity index (χ0n) is 50.5. The van der Waals surface area contributed by atoms with Crippen molar-refractivity contribution in [3.05, 3.63) is 109 Å². The molecule has 0 spiro atoms. The van der Waals surface area contributed by atoms with E-state index < -0.39 is 12.1 Å². The number of hydrogen-bond donors (Lipinski definition) is 3. The van der Waals surface area contributed by atoms with Gasteiger partial charge in [-0.15, -0.1) is 0 Å². The van der Waals surface area contributed by atoms with Gasteiger partial charge in [-0.05, 0) is 83.5 Å². The summed E-state index contributed by atoms with van der Waals surface area (Å²) in [6.45, 7) is 4.27. The third kappa shape index (κ3) is 61.9. The molecule has 0 aromatic heterocycles. The van der Waals surface area contributed by atoms with Crippen LogP contribution in [0.4, 0.5) is 0 Å². The maximum atomic E-state index is 12.5. The molecule has 4 heteroatoms. The third-order valence-corrected chi connectivity index (χ3v) is 14.8. The highest BCUT2D eigenvalue weighted by molar-refractivity contribution is 5.76. The van der Waals surface area contributed by atoms with Crippen molar-refractivity contribution in [3.63, 3.8) is 0 Å². The highest BCUT2D eigenvalue weighted by Gasteiger charge is 2.20. The van der Waals surface area contributed by atoms with Crippen LogP contribution in [0.2, 0.25) is 0 Å². The number of carbonyl (C=O) groups excluding carboxylic acids is 1. The van der Waals surface area contributed by atoms with E-state index in [1.807, 2.05) is 0 Å². The maximum absolute atomic E-state index is 12.5. The zero-order valence-corrected chi connectivity index (χ0v) is 50.5. The molecule has 438 valence electrons. The number of unbranched alkanes of at least 4 members (excludes halogenated alkanes) is 35. The number of amides is 1. The van der Waals surface area contributed by atoms with Crippen molar-refractivity contribution in [3.8, 4) is 0 Å². The number of hydrogen-bond acceptors (Lipinski definition) is 3. The third-order valence-electron chi connectivity index (χ3n) is 14.8. The van der Waals surface area contributed by atoms with Gasteiger partial charge in [0.15, 0.2) is 0 Å². The van der Waals surface area contributed by atoms with Crippen LogP contribution in [0.5, 0.6) is 0 Å². The number of carbonyl (C=O) groups is 1. The van der Waals surface area contributed by atoms with E-state index in [9.17, 15) is 15.0 Å². The van der Waals surface area contributed by atoms with Gasteiger partial charge in [0.1, 0.15) is 0 Å². The summed E-state index contributed by atoms with van der Waals surface area (Å²) in [5.74, 6) is -0.0323. The molecule has 0 radical (unpaired) electrons. The van der Waals surface area contributed by atoms with Gasteiger partial charge in [0.2, 0.25) is 5.91 Å². The predicted octanol–water partition coefficient (Wildman–Crippen LogP) is 22.6. The zero-order chi connectivity index (χ0) is 54.8. The second-order valence-corrected chi connectivity index (χ2v) is 22.2. The molecule has 0 aliphatic heterocycles. The highest BCUT2D eigenvalue weighted by Crippen LogP contribution is 2.18. The molecule has 2 atom stereocenters. The lowest BCUT2D eigenvalue weighted by molar-refractivity contribution is -0.123. The molecule has 0 rings (SSSR count). The standard InChI is InChI=1S/C72H127NO3/c1-3-5-7-9-11-13-15-17-19-21-23-25-27-28-29-30-31-32-33-34-35-36-37-38-39-40-41-42-43-44-46-48-50-52-54-56-58-60-62-64-66-68-72(76)73-70(69-74)71(75)67-65-63-61-59-57-55-53-51-49-47-45-26-24-22-20-18-16-14-12-10-8-6-4-2/h5,7,11,13,17,19,23,25,28-29,31-32,34-35,37-38,40-41,70-71,74-75H,3-4,6,8-10,12,14-16,18,20-22,24,26-27,30,33,36,39,42-69H2,1-2H3,(H,73,76)/b7-5-,13-11-,19-17-,25-23-,29-28-,32-31-,35-34-,38-37-,41-40-. The van der Waals surface area contributed by atoms with Crippen molar-refractivity contribution in [1.82, 2.24) is 5.32 Å². The minimum atomic E-state index is -0.666. The molecule has 1 amide bonds. The van der Waals surface area contributed by atoms with Crippen molar-refractivity contribution in [2.24, 2.45) is 0 Å². The first-order valence-electron chi connectivity index (χ1n) is 33.1. The fraction of sp³-hybridized carbons (Fsp3) is 0.736.